The lowest BCUT2D eigenvalue weighted by atomic mass is 10.1. The van der Waals surface area contributed by atoms with Gasteiger partial charge < -0.3 is 9.73 Å². The van der Waals surface area contributed by atoms with Crippen LogP contribution in [0, 0.1) is 18.3 Å². The predicted molar refractivity (Wildman–Crippen MR) is 88.5 cm³/mol. The smallest absolute Gasteiger partial charge is 0.417 e. The van der Waals surface area contributed by atoms with E-state index < -0.39 is 35.0 Å². The first-order valence-electron chi connectivity index (χ1n) is 7.42. The van der Waals surface area contributed by atoms with E-state index in [0.29, 0.717) is 17.5 Å². The highest BCUT2D eigenvalue weighted by Crippen LogP contribution is 2.35. The molecule has 0 fully saturated rings. The molecule has 2 heterocycles. The van der Waals surface area contributed by atoms with Crippen molar-refractivity contribution >= 4 is 23.7 Å². The minimum Gasteiger partial charge on any atom is -0.467 e. The standard InChI is InChI=1S/C16H13F3N4O3S/c1-9-5-12(16(17,18)19)11(6-20)14(22-9)27-8-13(24)23-15(25)21-7-10-3-2-4-26-10/h2-5H,7-8H2,1H3,(H2,21,23,24,25). The number of carbonyl (C=O) groups is 2. The monoisotopic (exact) mass is 398 g/mol. The van der Waals surface area contributed by atoms with Crippen LogP contribution in [0.3, 0.4) is 0 Å². The Morgan fingerprint density at radius 2 is 2.15 bits per heavy atom. The van der Waals surface area contributed by atoms with Crippen molar-refractivity contribution in [2.45, 2.75) is 24.7 Å². The first-order valence-corrected chi connectivity index (χ1v) is 8.41. The average Bonchev–Trinajstić information content (AvgIpc) is 3.10. The number of alkyl halides is 3. The number of furan rings is 1. The fourth-order valence-electron chi connectivity index (χ4n) is 2.00. The van der Waals surface area contributed by atoms with Crippen LogP contribution < -0.4 is 10.6 Å². The minimum absolute atomic E-state index is 0.0559. The highest BCUT2D eigenvalue weighted by Gasteiger charge is 2.35. The highest BCUT2D eigenvalue weighted by molar-refractivity contribution is 8.00. The molecule has 0 saturated carbocycles. The third-order valence-corrected chi connectivity index (χ3v) is 4.10. The Morgan fingerprint density at radius 1 is 1.41 bits per heavy atom. The van der Waals surface area contributed by atoms with Crippen molar-refractivity contribution in [3.63, 3.8) is 0 Å². The van der Waals surface area contributed by atoms with Gasteiger partial charge in [-0.15, -0.1) is 0 Å². The predicted octanol–water partition coefficient (Wildman–Crippen LogP) is 2.99. The first kappa shape index (κ1) is 20.3. The summed E-state index contributed by atoms with van der Waals surface area (Å²) < 4.78 is 44.1. The fraction of sp³-hybridized carbons (Fsp3) is 0.250. The number of aryl methyl sites for hydroxylation is 1. The maximum atomic E-state index is 13.0. The maximum absolute atomic E-state index is 13.0. The van der Waals surface area contributed by atoms with Gasteiger partial charge in [0.15, 0.2) is 0 Å². The molecule has 7 nitrogen and oxygen atoms in total. The summed E-state index contributed by atoms with van der Waals surface area (Å²) in [7, 11) is 0. The second kappa shape index (κ2) is 8.59. The number of pyridine rings is 1. The summed E-state index contributed by atoms with van der Waals surface area (Å²) in [5.41, 5.74) is -1.72. The van der Waals surface area contributed by atoms with Crippen molar-refractivity contribution in [3.8, 4) is 6.07 Å². The lowest BCUT2D eigenvalue weighted by molar-refractivity contribution is -0.138. The number of nitrogens with zero attached hydrogens (tertiary/aromatic N) is 2. The van der Waals surface area contributed by atoms with Crippen molar-refractivity contribution in [2.24, 2.45) is 0 Å². The number of carbonyl (C=O) groups excluding carboxylic acids is 2. The van der Waals surface area contributed by atoms with Gasteiger partial charge in [0, 0.05) is 5.69 Å². The van der Waals surface area contributed by atoms with Crippen molar-refractivity contribution in [2.75, 3.05) is 5.75 Å². The molecule has 2 aromatic rings. The molecule has 0 saturated heterocycles. The number of halogens is 3. The zero-order chi connectivity index (χ0) is 20.0. The highest BCUT2D eigenvalue weighted by atomic mass is 32.2. The van der Waals surface area contributed by atoms with Gasteiger partial charge in [0.25, 0.3) is 0 Å². The molecule has 11 heteroatoms. The van der Waals surface area contributed by atoms with E-state index in [2.05, 4.69) is 10.3 Å². The Morgan fingerprint density at radius 3 is 2.74 bits per heavy atom. The summed E-state index contributed by atoms with van der Waals surface area (Å²) in [5, 5.41) is 13.2. The zero-order valence-electron chi connectivity index (χ0n) is 13.9. The fourth-order valence-corrected chi connectivity index (χ4v) is 2.85. The number of aromatic nitrogens is 1. The number of thioether (sulfide) groups is 1. The molecule has 2 aromatic heterocycles. The van der Waals surface area contributed by atoms with Crippen LogP contribution >= 0.6 is 11.8 Å². The van der Waals surface area contributed by atoms with E-state index in [0.717, 1.165) is 6.07 Å². The van der Waals surface area contributed by atoms with E-state index in [1.54, 1.807) is 12.1 Å². The van der Waals surface area contributed by atoms with Gasteiger partial charge in [0.2, 0.25) is 5.91 Å². The van der Waals surface area contributed by atoms with Crippen LogP contribution in [0.15, 0.2) is 33.9 Å². The van der Waals surface area contributed by atoms with E-state index >= 15 is 0 Å². The van der Waals surface area contributed by atoms with Crippen molar-refractivity contribution in [3.05, 3.63) is 47.0 Å². The van der Waals surface area contributed by atoms with E-state index in [9.17, 15) is 22.8 Å². The molecule has 2 N–H and O–H groups in total. The molecule has 0 aromatic carbocycles. The summed E-state index contributed by atoms with van der Waals surface area (Å²) in [6, 6.07) is 4.72. The third kappa shape index (κ3) is 5.75. The average molecular weight is 398 g/mol. The van der Waals surface area contributed by atoms with Crippen molar-refractivity contribution in [1.29, 1.82) is 5.26 Å². The normalized spacial score (nSPS) is 10.9. The van der Waals surface area contributed by atoms with Gasteiger partial charge in [-0.3, -0.25) is 10.1 Å². The molecule has 0 radical (unpaired) electrons. The molecule has 2 rings (SSSR count). The molecule has 0 aliphatic heterocycles. The number of rotatable bonds is 5. The summed E-state index contributed by atoms with van der Waals surface area (Å²) in [4.78, 5) is 27.3. The van der Waals surface area contributed by atoms with Gasteiger partial charge in [-0.2, -0.15) is 18.4 Å². The van der Waals surface area contributed by atoms with Gasteiger partial charge in [0.05, 0.1) is 29.7 Å². The van der Waals surface area contributed by atoms with E-state index in [1.807, 2.05) is 5.32 Å². The van der Waals surface area contributed by atoms with Crippen molar-refractivity contribution < 1.29 is 27.2 Å². The summed E-state index contributed by atoms with van der Waals surface area (Å²) in [6.45, 7) is 1.41. The largest absolute Gasteiger partial charge is 0.467 e. The number of hydrogen-bond donors (Lipinski definition) is 2. The summed E-state index contributed by atoms with van der Waals surface area (Å²) in [6.07, 6.45) is -3.30. The molecule has 0 spiro atoms. The maximum Gasteiger partial charge on any atom is 0.417 e. The van der Waals surface area contributed by atoms with Crippen LogP contribution in [0.5, 0.6) is 0 Å². The number of imide groups is 1. The SMILES string of the molecule is Cc1cc(C(F)(F)F)c(C#N)c(SCC(=O)NC(=O)NCc2ccco2)n1. The minimum atomic E-state index is -4.72. The number of hydrogen-bond acceptors (Lipinski definition) is 6. The van der Waals surface area contributed by atoms with Crippen LogP contribution in [-0.4, -0.2) is 22.7 Å². The lowest BCUT2D eigenvalue weighted by Crippen LogP contribution is -2.39. The van der Waals surface area contributed by atoms with Crippen LogP contribution in [0.25, 0.3) is 0 Å². The molecule has 0 unspecified atom stereocenters. The first-order chi connectivity index (χ1) is 12.7. The zero-order valence-corrected chi connectivity index (χ0v) is 14.7. The van der Waals surface area contributed by atoms with Gasteiger partial charge >= 0.3 is 12.2 Å². The number of urea groups is 1. The molecular formula is C16H13F3N4O3S. The van der Waals surface area contributed by atoms with Crippen LogP contribution in [0.1, 0.15) is 22.6 Å². The van der Waals surface area contributed by atoms with E-state index in [1.165, 1.54) is 19.3 Å². The van der Waals surface area contributed by atoms with E-state index in [4.69, 9.17) is 9.68 Å². The number of nitriles is 1. The molecular weight excluding hydrogens is 385 g/mol. The lowest BCUT2D eigenvalue weighted by Gasteiger charge is -2.12. The summed E-state index contributed by atoms with van der Waals surface area (Å²) in [5.74, 6) is -0.664. The van der Waals surface area contributed by atoms with Gasteiger partial charge in [-0.1, -0.05) is 11.8 Å². The Kier molecular flexibility index (Phi) is 6.46. The molecule has 27 heavy (non-hydrogen) atoms. The Bertz CT molecular complexity index is 876. The summed E-state index contributed by atoms with van der Waals surface area (Å²) >= 11 is 0.638. The molecule has 142 valence electrons. The molecule has 3 amide bonds. The van der Waals surface area contributed by atoms with Crippen LogP contribution in [0.4, 0.5) is 18.0 Å². The Labute approximate surface area is 155 Å². The van der Waals surface area contributed by atoms with Gasteiger partial charge in [-0.25, -0.2) is 9.78 Å². The Hall–Kier alpha value is -3.00. The molecule has 0 aliphatic rings. The number of amides is 3. The van der Waals surface area contributed by atoms with Crippen molar-refractivity contribution in [1.82, 2.24) is 15.6 Å². The molecule has 0 aliphatic carbocycles. The number of nitrogens with one attached hydrogen (secondary N) is 2. The second-order valence-corrected chi connectivity index (χ2v) is 6.16. The Balaban J connectivity index is 1.97. The van der Waals surface area contributed by atoms with Gasteiger partial charge in [0.1, 0.15) is 16.9 Å². The van der Waals surface area contributed by atoms with Crippen LogP contribution in [-0.2, 0) is 17.5 Å². The third-order valence-electron chi connectivity index (χ3n) is 3.13. The van der Waals surface area contributed by atoms with Gasteiger partial charge in [-0.05, 0) is 25.1 Å². The van der Waals surface area contributed by atoms with Crippen LogP contribution in [0.2, 0.25) is 0 Å². The second-order valence-electron chi connectivity index (χ2n) is 5.20. The van der Waals surface area contributed by atoms with E-state index in [-0.39, 0.29) is 17.3 Å². The topological polar surface area (TPSA) is 108 Å². The molecule has 0 bridgehead atoms. The molecule has 0 atom stereocenters. The quantitative estimate of drug-likeness (QED) is 0.750.